The smallest absolute Gasteiger partial charge is 0.211 e. The van der Waals surface area contributed by atoms with E-state index in [1.54, 1.807) is 19.5 Å². The maximum atomic E-state index is 11.8. The van der Waals surface area contributed by atoms with E-state index in [1.807, 2.05) is 49.4 Å². The molecule has 1 N–H and O–H groups in total. The van der Waals surface area contributed by atoms with Gasteiger partial charge < -0.3 is 19.5 Å². The van der Waals surface area contributed by atoms with Gasteiger partial charge in [-0.1, -0.05) is 0 Å². The SMILES string of the molecule is COc1cc2ncnc(Nc3ccc(Oc4cccnc4)c(C)c3)c2cc1OC1CCN(S(C)(=O)=O)CC1. The summed E-state index contributed by atoms with van der Waals surface area (Å²) in [5, 5.41) is 4.15. The Hall–Kier alpha value is -3.96. The molecule has 10 nitrogen and oxygen atoms in total. The lowest BCUT2D eigenvalue weighted by atomic mass is 10.1. The van der Waals surface area contributed by atoms with Crippen LogP contribution in [-0.4, -0.2) is 60.2 Å². The van der Waals surface area contributed by atoms with Crippen molar-refractivity contribution in [1.29, 1.82) is 0 Å². The second kappa shape index (κ2) is 10.8. The normalized spacial score (nSPS) is 14.8. The predicted octanol–water partition coefficient (Wildman–Crippen LogP) is 4.68. The number of nitrogens with zero attached hydrogens (tertiary/aromatic N) is 4. The highest BCUT2D eigenvalue weighted by atomic mass is 32.2. The molecule has 198 valence electrons. The third-order valence-electron chi connectivity index (χ3n) is 6.38. The van der Waals surface area contributed by atoms with E-state index >= 15 is 0 Å². The van der Waals surface area contributed by atoms with Gasteiger partial charge in [-0.05, 0) is 61.7 Å². The van der Waals surface area contributed by atoms with Crippen molar-refractivity contribution < 1.29 is 22.6 Å². The van der Waals surface area contributed by atoms with E-state index in [2.05, 4.69) is 20.3 Å². The van der Waals surface area contributed by atoms with E-state index in [0.29, 0.717) is 54.5 Å². The molecule has 0 spiro atoms. The number of aryl methyl sites for hydroxylation is 1. The number of hydrogen-bond donors (Lipinski definition) is 1. The summed E-state index contributed by atoms with van der Waals surface area (Å²) in [6.45, 7) is 2.82. The molecule has 0 atom stereocenters. The minimum atomic E-state index is -3.20. The molecule has 0 unspecified atom stereocenters. The molecule has 2 aromatic carbocycles. The van der Waals surface area contributed by atoms with Gasteiger partial charge in [0.1, 0.15) is 29.7 Å². The summed E-state index contributed by atoms with van der Waals surface area (Å²) in [6.07, 6.45) is 7.16. The largest absolute Gasteiger partial charge is 0.493 e. The van der Waals surface area contributed by atoms with Gasteiger partial charge in [0.25, 0.3) is 0 Å². The van der Waals surface area contributed by atoms with Crippen molar-refractivity contribution in [2.24, 2.45) is 0 Å². The second-order valence-electron chi connectivity index (χ2n) is 9.12. The number of rotatable bonds is 8. The molecule has 1 fully saturated rings. The highest BCUT2D eigenvalue weighted by Gasteiger charge is 2.27. The predicted molar refractivity (Wildman–Crippen MR) is 145 cm³/mol. The molecule has 5 rings (SSSR count). The Morgan fingerprint density at radius 1 is 1.03 bits per heavy atom. The Morgan fingerprint density at radius 2 is 1.84 bits per heavy atom. The summed E-state index contributed by atoms with van der Waals surface area (Å²) in [6, 6.07) is 13.2. The van der Waals surface area contributed by atoms with Crippen molar-refractivity contribution >= 4 is 32.4 Å². The van der Waals surface area contributed by atoms with Gasteiger partial charge in [-0.15, -0.1) is 0 Å². The number of fused-ring (bicyclic) bond motifs is 1. The van der Waals surface area contributed by atoms with E-state index in [-0.39, 0.29) is 6.10 Å². The van der Waals surface area contributed by atoms with E-state index in [1.165, 1.54) is 16.9 Å². The van der Waals surface area contributed by atoms with Crippen LogP contribution in [0.15, 0.2) is 61.2 Å². The monoisotopic (exact) mass is 535 g/mol. The van der Waals surface area contributed by atoms with Crippen LogP contribution in [0.2, 0.25) is 0 Å². The molecule has 0 bridgehead atoms. The Balaban J connectivity index is 1.37. The van der Waals surface area contributed by atoms with Gasteiger partial charge in [0, 0.05) is 36.4 Å². The third kappa shape index (κ3) is 5.79. The number of anilines is 2. The standard InChI is InChI=1S/C27H29N5O5S/c1-18-13-19(6-7-24(18)37-21-5-4-10-28-16-21)31-27-22-14-26(25(35-2)15-23(22)29-17-30-27)36-20-8-11-32(12-9-20)38(3,33)34/h4-7,10,13-17,20H,8-9,11-12H2,1-3H3,(H,29,30,31). The van der Waals surface area contributed by atoms with Gasteiger partial charge >= 0.3 is 0 Å². The summed E-state index contributed by atoms with van der Waals surface area (Å²) in [5.74, 6) is 3.14. The first kappa shape index (κ1) is 25.7. The molecule has 38 heavy (non-hydrogen) atoms. The highest BCUT2D eigenvalue weighted by molar-refractivity contribution is 7.88. The Morgan fingerprint density at radius 3 is 2.53 bits per heavy atom. The number of nitrogens with one attached hydrogen (secondary N) is 1. The average Bonchev–Trinajstić information content (AvgIpc) is 2.90. The molecule has 11 heteroatoms. The topological polar surface area (TPSA) is 116 Å². The molecule has 3 heterocycles. The zero-order valence-electron chi connectivity index (χ0n) is 21.4. The van der Waals surface area contributed by atoms with Crippen LogP contribution in [0.1, 0.15) is 18.4 Å². The van der Waals surface area contributed by atoms with Crippen LogP contribution >= 0.6 is 0 Å². The summed E-state index contributed by atoms with van der Waals surface area (Å²) in [4.78, 5) is 13.0. The van der Waals surface area contributed by atoms with E-state index < -0.39 is 10.0 Å². The highest BCUT2D eigenvalue weighted by Crippen LogP contribution is 2.37. The van der Waals surface area contributed by atoms with Gasteiger partial charge in [0.05, 0.1) is 25.1 Å². The molecule has 0 radical (unpaired) electrons. The van der Waals surface area contributed by atoms with Crippen molar-refractivity contribution in [1.82, 2.24) is 19.3 Å². The number of methoxy groups -OCH3 is 1. The molecule has 4 aromatic rings. The van der Waals surface area contributed by atoms with Crippen molar-refractivity contribution in [3.63, 3.8) is 0 Å². The van der Waals surface area contributed by atoms with Crippen LogP contribution in [0.4, 0.5) is 11.5 Å². The van der Waals surface area contributed by atoms with Crippen LogP contribution in [-0.2, 0) is 10.0 Å². The minimum Gasteiger partial charge on any atom is -0.493 e. The first-order valence-electron chi connectivity index (χ1n) is 12.2. The van der Waals surface area contributed by atoms with Crippen LogP contribution in [0.3, 0.4) is 0 Å². The molecule has 1 aliphatic rings. The van der Waals surface area contributed by atoms with Gasteiger partial charge in [0.15, 0.2) is 11.5 Å². The maximum absolute atomic E-state index is 11.8. The zero-order valence-corrected chi connectivity index (χ0v) is 22.2. The molecule has 1 aliphatic heterocycles. The van der Waals surface area contributed by atoms with Crippen LogP contribution in [0.25, 0.3) is 10.9 Å². The maximum Gasteiger partial charge on any atom is 0.211 e. The lowest BCUT2D eigenvalue weighted by molar-refractivity contribution is 0.131. The second-order valence-corrected chi connectivity index (χ2v) is 11.1. The minimum absolute atomic E-state index is 0.129. The molecule has 0 amide bonds. The Bertz CT molecular complexity index is 1540. The summed E-state index contributed by atoms with van der Waals surface area (Å²) < 4.78 is 43.0. The van der Waals surface area contributed by atoms with E-state index in [0.717, 1.165) is 22.4 Å². The van der Waals surface area contributed by atoms with E-state index in [9.17, 15) is 8.42 Å². The van der Waals surface area contributed by atoms with Gasteiger partial charge in [-0.2, -0.15) is 0 Å². The fourth-order valence-corrected chi connectivity index (χ4v) is 5.26. The average molecular weight is 536 g/mol. The Labute approximate surface area is 221 Å². The fraction of sp³-hybridized carbons (Fsp3) is 0.296. The quantitative estimate of drug-likeness (QED) is 0.343. The molecule has 0 aliphatic carbocycles. The first-order chi connectivity index (χ1) is 18.3. The first-order valence-corrected chi connectivity index (χ1v) is 14.0. The summed E-state index contributed by atoms with van der Waals surface area (Å²) >= 11 is 0. The van der Waals surface area contributed by atoms with E-state index in [4.69, 9.17) is 14.2 Å². The number of hydrogen-bond acceptors (Lipinski definition) is 9. The molecular formula is C27H29N5O5S. The number of piperidine rings is 1. The molecule has 0 saturated carbocycles. The zero-order chi connectivity index (χ0) is 26.7. The Kier molecular flexibility index (Phi) is 7.30. The van der Waals surface area contributed by atoms with Crippen molar-refractivity contribution in [3.05, 3.63) is 66.7 Å². The van der Waals surface area contributed by atoms with Crippen molar-refractivity contribution in [2.45, 2.75) is 25.9 Å². The lowest BCUT2D eigenvalue weighted by Crippen LogP contribution is -2.41. The molecular weight excluding hydrogens is 506 g/mol. The van der Waals surface area contributed by atoms with Crippen LogP contribution in [0, 0.1) is 6.92 Å². The van der Waals surface area contributed by atoms with Gasteiger partial charge in [-0.25, -0.2) is 22.7 Å². The number of ether oxygens (including phenoxy) is 3. The summed E-state index contributed by atoms with van der Waals surface area (Å²) in [7, 11) is -1.62. The summed E-state index contributed by atoms with van der Waals surface area (Å²) in [5.41, 5.74) is 2.49. The fourth-order valence-electron chi connectivity index (χ4n) is 4.39. The number of aromatic nitrogens is 3. The molecule has 1 saturated heterocycles. The number of benzene rings is 2. The van der Waals surface area contributed by atoms with Gasteiger partial charge in [-0.3, -0.25) is 4.98 Å². The molecule has 2 aromatic heterocycles. The van der Waals surface area contributed by atoms with Crippen LogP contribution < -0.4 is 19.5 Å². The third-order valence-corrected chi connectivity index (χ3v) is 7.69. The van der Waals surface area contributed by atoms with Gasteiger partial charge in [0.2, 0.25) is 10.0 Å². The lowest BCUT2D eigenvalue weighted by Gasteiger charge is -2.30. The van der Waals surface area contributed by atoms with Crippen LogP contribution in [0.5, 0.6) is 23.0 Å². The van der Waals surface area contributed by atoms with Crippen molar-refractivity contribution in [3.8, 4) is 23.0 Å². The van der Waals surface area contributed by atoms with Crippen molar-refractivity contribution in [2.75, 3.05) is 31.8 Å². The number of pyridine rings is 1. The number of sulfonamides is 1.